The number of hydrogen-bond acceptors (Lipinski definition) is 7. The summed E-state index contributed by atoms with van der Waals surface area (Å²) in [5.74, 6) is -0.463. The summed E-state index contributed by atoms with van der Waals surface area (Å²) in [7, 11) is 0. The number of aliphatic hydroxyl groups excluding tert-OH is 1. The number of benzene rings is 1. The number of nitrogens with zero attached hydrogens (tertiary/aromatic N) is 1. The van der Waals surface area contributed by atoms with E-state index in [9.17, 15) is 4.79 Å². The second-order valence-corrected chi connectivity index (χ2v) is 6.37. The molecular weight excluding hydrogens is 354 g/mol. The van der Waals surface area contributed by atoms with Gasteiger partial charge in [-0.25, -0.2) is 5.48 Å². The van der Waals surface area contributed by atoms with Crippen molar-refractivity contribution in [2.24, 2.45) is 0 Å². The first-order valence-electron chi connectivity index (χ1n) is 7.95. The lowest BCUT2D eigenvalue weighted by molar-refractivity contribution is 0.0152. The van der Waals surface area contributed by atoms with Gasteiger partial charge in [0.05, 0.1) is 18.6 Å². The fraction of sp³-hybridized carbons (Fsp3) is 0.222. The molecular formula is C18H19N3O4S. The van der Waals surface area contributed by atoms with E-state index in [0.717, 1.165) is 16.1 Å². The van der Waals surface area contributed by atoms with Gasteiger partial charge < -0.3 is 14.8 Å². The molecule has 7 nitrogen and oxygen atoms in total. The van der Waals surface area contributed by atoms with Gasteiger partial charge in [-0.2, -0.15) is 0 Å². The zero-order chi connectivity index (χ0) is 18.5. The van der Waals surface area contributed by atoms with E-state index < -0.39 is 5.91 Å². The molecule has 0 spiro atoms. The second kappa shape index (κ2) is 8.22. The number of hydroxylamine groups is 1. The van der Waals surface area contributed by atoms with Gasteiger partial charge in [-0.3, -0.25) is 14.6 Å². The van der Waals surface area contributed by atoms with Gasteiger partial charge in [0, 0.05) is 23.0 Å². The van der Waals surface area contributed by atoms with E-state index in [1.54, 1.807) is 30.2 Å². The number of rotatable bonds is 7. The molecule has 0 fully saturated rings. The number of fused-ring (bicyclic) bond motifs is 1. The van der Waals surface area contributed by atoms with Crippen molar-refractivity contribution in [3.8, 4) is 0 Å². The van der Waals surface area contributed by atoms with E-state index in [4.69, 9.17) is 14.4 Å². The highest BCUT2D eigenvalue weighted by Crippen LogP contribution is 2.34. The van der Waals surface area contributed by atoms with Crippen molar-refractivity contribution in [3.63, 3.8) is 0 Å². The predicted octanol–water partition coefficient (Wildman–Crippen LogP) is 3.26. The van der Waals surface area contributed by atoms with Crippen LogP contribution in [0.15, 0.2) is 46.0 Å². The zero-order valence-corrected chi connectivity index (χ0v) is 15.2. The molecule has 0 aliphatic heterocycles. The predicted molar refractivity (Wildman–Crippen MR) is 101 cm³/mol. The molecule has 1 amide bonds. The highest BCUT2D eigenvalue weighted by Gasteiger charge is 2.21. The molecule has 8 heteroatoms. The fourth-order valence-corrected chi connectivity index (χ4v) is 2.97. The number of nitrogens with one attached hydrogen (secondary N) is 2. The van der Waals surface area contributed by atoms with Crippen LogP contribution in [0, 0.1) is 6.92 Å². The summed E-state index contributed by atoms with van der Waals surface area (Å²) in [6, 6.07) is 7.72. The fourth-order valence-electron chi connectivity index (χ4n) is 2.47. The first-order chi connectivity index (χ1) is 12.6. The van der Waals surface area contributed by atoms with E-state index in [0.29, 0.717) is 16.7 Å². The molecule has 2 aromatic heterocycles. The quantitative estimate of drug-likeness (QED) is 0.332. The Kier molecular flexibility index (Phi) is 5.77. The summed E-state index contributed by atoms with van der Waals surface area (Å²) >= 11 is 1.66. The van der Waals surface area contributed by atoms with Crippen LogP contribution >= 0.6 is 11.8 Å². The molecule has 2 heterocycles. The zero-order valence-electron chi connectivity index (χ0n) is 14.4. The van der Waals surface area contributed by atoms with Crippen LogP contribution in [0.25, 0.3) is 11.0 Å². The average Bonchev–Trinajstić information content (AvgIpc) is 3.02. The number of amides is 1. The van der Waals surface area contributed by atoms with Crippen LogP contribution in [0.3, 0.4) is 0 Å². The molecule has 0 saturated carbocycles. The van der Waals surface area contributed by atoms with Crippen molar-refractivity contribution in [2.75, 3.05) is 24.8 Å². The molecule has 0 aliphatic rings. The van der Waals surface area contributed by atoms with Gasteiger partial charge in [-0.05, 0) is 43.0 Å². The van der Waals surface area contributed by atoms with Crippen molar-refractivity contribution in [1.29, 1.82) is 0 Å². The molecule has 0 bridgehead atoms. The molecule has 26 heavy (non-hydrogen) atoms. The maximum atomic E-state index is 12.4. The summed E-state index contributed by atoms with van der Waals surface area (Å²) in [5, 5.41) is 12.7. The standard InChI is InChI=1S/C18H19N3O4S/c1-11-9-12(26-2)3-4-14(11)20-16-13-10-19-6-5-15(13)25-17(16)18(23)21-24-8-7-22/h3-6,9-10,20,22H,7-8H2,1-2H3,(H,21,23). The molecule has 136 valence electrons. The van der Waals surface area contributed by atoms with Crippen LogP contribution in [0.2, 0.25) is 0 Å². The molecule has 0 aliphatic carbocycles. The molecule has 0 saturated heterocycles. The van der Waals surface area contributed by atoms with Crippen molar-refractivity contribution < 1.29 is 19.2 Å². The van der Waals surface area contributed by atoms with E-state index in [1.165, 1.54) is 0 Å². The molecule has 0 radical (unpaired) electrons. The van der Waals surface area contributed by atoms with E-state index >= 15 is 0 Å². The molecule has 3 rings (SSSR count). The van der Waals surface area contributed by atoms with Crippen LogP contribution in [-0.2, 0) is 4.84 Å². The van der Waals surface area contributed by atoms with Gasteiger partial charge in [0.2, 0.25) is 5.76 Å². The Hall–Kier alpha value is -2.55. The summed E-state index contributed by atoms with van der Waals surface area (Å²) in [4.78, 5) is 22.6. The molecule has 0 unspecified atom stereocenters. The summed E-state index contributed by atoms with van der Waals surface area (Å²) < 4.78 is 5.69. The lowest BCUT2D eigenvalue weighted by Gasteiger charge is -2.11. The van der Waals surface area contributed by atoms with E-state index in [1.807, 2.05) is 25.3 Å². The van der Waals surface area contributed by atoms with Crippen LogP contribution in [0.4, 0.5) is 11.4 Å². The first kappa shape index (κ1) is 18.2. The molecule has 3 N–H and O–H groups in total. The van der Waals surface area contributed by atoms with Crippen molar-refractivity contribution in [2.45, 2.75) is 11.8 Å². The monoisotopic (exact) mass is 373 g/mol. The minimum Gasteiger partial charge on any atom is -0.448 e. The third-order valence-electron chi connectivity index (χ3n) is 3.75. The molecule has 1 aromatic carbocycles. The Balaban J connectivity index is 1.98. The Labute approximate surface area is 154 Å². The highest BCUT2D eigenvalue weighted by atomic mass is 32.2. The van der Waals surface area contributed by atoms with Crippen molar-refractivity contribution >= 4 is 40.0 Å². The van der Waals surface area contributed by atoms with Gasteiger partial charge in [-0.15, -0.1) is 11.8 Å². The van der Waals surface area contributed by atoms with Gasteiger partial charge >= 0.3 is 5.91 Å². The number of carbonyl (C=O) groups is 1. The van der Waals surface area contributed by atoms with Gasteiger partial charge in [0.15, 0.2) is 0 Å². The minimum absolute atomic E-state index is 0.00839. The van der Waals surface area contributed by atoms with Crippen LogP contribution in [0.1, 0.15) is 16.1 Å². The number of aryl methyl sites for hydroxylation is 1. The lowest BCUT2D eigenvalue weighted by Crippen LogP contribution is -2.25. The van der Waals surface area contributed by atoms with Crippen LogP contribution in [-0.4, -0.2) is 35.5 Å². The van der Waals surface area contributed by atoms with Gasteiger partial charge in [-0.1, -0.05) is 0 Å². The number of furan rings is 1. The maximum Gasteiger partial charge on any atom is 0.312 e. The lowest BCUT2D eigenvalue weighted by atomic mass is 10.1. The first-order valence-corrected chi connectivity index (χ1v) is 9.17. The number of anilines is 2. The Morgan fingerprint density at radius 3 is 2.96 bits per heavy atom. The minimum atomic E-state index is -0.546. The van der Waals surface area contributed by atoms with Crippen molar-refractivity contribution in [1.82, 2.24) is 10.5 Å². The Morgan fingerprint density at radius 1 is 1.38 bits per heavy atom. The highest BCUT2D eigenvalue weighted by molar-refractivity contribution is 7.98. The Bertz CT molecular complexity index is 926. The summed E-state index contributed by atoms with van der Waals surface area (Å²) in [6.07, 6.45) is 5.25. The molecule has 0 atom stereocenters. The number of thioether (sulfide) groups is 1. The Morgan fingerprint density at radius 2 is 2.23 bits per heavy atom. The van der Waals surface area contributed by atoms with Gasteiger partial charge in [0.1, 0.15) is 11.3 Å². The summed E-state index contributed by atoms with van der Waals surface area (Å²) in [6.45, 7) is 1.79. The third kappa shape index (κ3) is 3.82. The van der Waals surface area contributed by atoms with Crippen LogP contribution in [0.5, 0.6) is 0 Å². The van der Waals surface area contributed by atoms with E-state index in [2.05, 4.69) is 21.8 Å². The van der Waals surface area contributed by atoms with Crippen LogP contribution < -0.4 is 10.8 Å². The average molecular weight is 373 g/mol. The smallest absolute Gasteiger partial charge is 0.312 e. The second-order valence-electron chi connectivity index (χ2n) is 5.49. The van der Waals surface area contributed by atoms with Crippen molar-refractivity contribution in [3.05, 3.63) is 48.0 Å². The normalized spacial score (nSPS) is 10.9. The number of carbonyl (C=O) groups excluding carboxylic acids is 1. The SMILES string of the molecule is CSc1ccc(Nc2c(C(=O)NOCCO)oc3ccncc23)c(C)c1. The summed E-state index contributed by atoms with van der Waals surface area (Å²) in [5.41, 5.74) is 5.21. The largest absolute Gasteiger partial charge is 0.448 e. The maximum absolute atomic E-state index is 12.4. The van der Waals surface area contributed by atoms with E-state index in [-0.39, 0.29) is 19.0 Å². The van der Waals surface area contributed by atoms with Gasteiger partial charge in [0.25, 0.3) is 0 Å². The third-order valence-corrected chi connectivity index (χ3v) is 4.47. The number of pyridine rings is 1. The topological polar surface area (TPSA) is 96.6 Å². The number of hydrogen-bond donors (Lipinski definition) is 3. The number of aromatic nitrogens is 1. The molecule has 3 aromatic rings. The number of aliphatic hydroxyl groups is 1.